The summed E-state index contributed by atoms with van der Waals surface area (Å²) in [6, 6.07) is 10.4. The van der Waals surface area contributed by atoms with Gasteiger partial charge in [0.05, 0.1) is 17.7 Å². The van der Waals surface area contributed by atoms with Gasteiger partial charge in [-0.1, -0.05) is 11.6 Å². The van der Waals surface area contributed by atoms with E-state index in [9.17, 15) is 13.5 Å². The highest BCUT2D eigenvalue weighted by Crippen LogP contribution is 2.26. The molecule has 23 heavy (non-hydrogen) atoms. The second-order valence-electron chi connectivity index (χ2n) is 4.63. The smallest absolute Gasteiger partial charge is 0.276 e. The Morgan fingerprint density at radius 2 is 1.87 bits per heavy atom. The van der Waals surface area contributed by atoms with Gasteiger partial charge in [0.15, 0.2) is 11.5 Å². The Bertz CT molecular complexity index is 833. The summed E-state index contributed by atoms with van der Waals surface area (Å²) in [5, 5.41) is 13.9. The number of hydrogen-bond acceptors (Lipinski definition) is 5. The standard InChI is InChI=1S/C15H15ClN2O4S/c1-10(11-3-8-14(19)15(9-11)22-2)17-18-23(20,21)13-6-4-12(16)5-7-13/h3-9,18-19H,1-2H3. The van der Waals surface area contributed by atoms with E-state index in [2.05, 4.69) is 9.93 Å². The minimum Gasteiger partial charge on any atom is -0.504 e. The minimum atomic E-state index is -3.78. The van der Waals surface area contributed by atoms with E-state index in [1.165, 1.54) is 37.4 Å². The van der Waals surface area contributed by atoms with Gasteiger partial charge in [0.2, 0.25) is 0 Å². The molecule has 2 N–H and O–H groups in total. The highest BCUT2D eigenvalue weighted by molar-refractivity contribution is 7.89. The fraction of sp³-hybridized carbons (Fsp3) is 0.133. The van der Waals surface area contributed by atoms with Crippen LogP contribution in [0.5, 0.6) is 11.5 Å². The summed E-state index contributed by atoms with van der Waals surface area (Å²) in [5.74, 6) is 0.267. The van der Waals surface area contributed by atoms with Crippen molar-refractivity contribution < 1.29 is 18.3 Å². The molecule has 0 radical (unpaired) electrons. The van der Waals surface area contributed by atoms with Crippen molar-refractivity contribution in [3.05, 3.63) is 53.1 Å². The highest BCUT2D eigenvalue weighted by atomic mass is 35.5. The summed E-state index contributed by atoms with van der Waals surface area (Å²) in [5.41, 5.74) is 1.03. The molecule has 6 nitrogen and oxygen atoms in total. The summed E-state index contributed by atoms with van der Waals surface area (Å²) in [6.07, 6.45) is 0. The summed E-state index contributed by atoms with van der Waals surface area (Å²) >= 11 is 5.74. The van der Waals surface area contributed by atoms with E-state index in [4.69, 9.17) is 16.3 Å². The van der Waals surface area contributed by atoms with Crippen molar-refractivity contribution in [1.29, 1.82) is 0 Å². The van der Waals surface area contributed by atoms with E-state index in [1.54, 1.807) is 19.1 Å². The Kier molecular flexibility index (Phi) is 5.12. The first-order valence-corrected chi connectivity index (χ1v) is 8.38. The van der Waals surface area contributed by atoms with Gasteiger partial charge in [-0.2, -0.15) is 18.4 Å². The summed E-state index contributed by atoms with van der Waals surface area (Å²) < 4.78 is 29.3. The van der Waals surface area contributed by atoms with Crippen molar-refractivity contribution in [2.75, 3.05) is 7.11 Å². The van der Waals surface area contributed by atoms with E-state index < -0.39 is 10.0 Å². The van der Waals surface area contributed by atoms with Gasteiger partial charge in [0, 0.05) is 10.6 Å². The van der Waals surface area contributed by atoms with Crippen LogP contribution < -0.4 is 9.57 Å². The average Bonchev–Trinajstić information content (AvgIpc) is 2.53. The lowest BCUT2D eigenvalue weighted by molar-refractivity contribution is 0.373. The third kappa shape index (κ3) is 4.14. The number of hydrazone groups is 1. The first-order valence-electron chi connectivity index (χ1n) is 6.52. The molecule has 0 atom stereocenters. The van der Waals surface area contributed by atoms with Crippen LogP contribution in [-0.4, -0.2) is 26.3 Å². The van der Waals surface area contributed by atoms with Gasteiger partial charge in [-0.3, -0.25) is 0 Å². The maximum absolute atomic E-state index is 12.1. The first-order chi connectivity index (χ1) is 10.8. The Labute approximate surface area is 139 Å². The number of nitrogens with one attached hydrogen (secondary N) is 1. The fourth-order valence-electron chi connectivity index (χ4n) is 1.76. The third-order valence-corrected chi connectivity index (χ3v) is 4.53. The van der Waals surface area contributed by atoms with Crippen LogP contribution >= 0.6 is 11.6 Å². The Morgan fingerprint density at radius 3 is 2.48 bits per heavy atom. The molecule has 8 heteroatoms. The van der Waals surface area contributed by atoms with E-state index in [0.717, 1.165) is 0 Å². The number of sulfonamides is 1. The van der Waals surface area contributed by atoms with Gasteiger partial charge in [0.25, 0.3) is 10.0 Å². The second-order valence-corrected chi connectivity index (χ2v) is 6.73. The molecular formula is C15H15ClN2O4S. The van der Waals surface area contributed by atoms with Crippen molar-refractivity contribution in [2.45, 2.75) is 11.8 Å². The van der Waals surface area contributed by atoms with E-state index in [0.29, 0.717) is 16.3 Å². The van der Waals surface area contributed by atoms with Gasteiger partial charge in [-0.05, 0) is 49.4 Å². The van der Waals surface area contributed by atoms with Gasteiger partial charge < -0.3 is 9.84 Å². The fourth-order valence-corrected chi connectivity index (χ4v) is 2.75. The number of aromatic hydroxyl groups is 1. The molecule has 0 saturated carbocycles. The number of halogens is 1. The second kappa shape index (κ2) is 6.89. The van der Waals surface area contributed by atoms with Gasteiger partial charge in [0.1, 0.15) is 0 Å². The highest BCUT2D eigenvalue weighted by Gasteiger charge is 2.13. The van der Waals surface area contributed by atoms with Crippen molar-refractivity contribution in [1.82, 2.24) is 4.83 Å². The SMILES string of the molecule is COc1cc(C(C)=NNS(=O)(=O)c2ccc(Cl)cc2)ccc1O. The number of methoxy groups -OCH3 is 1. The maximum Gasteiger partial charge on any atom is 0.276 e. The lowest BCUT2D eigenvalue weighted by Crippen LogP contribution is -2.19. The zero-order valence-corrected chi connectivity index (χ0v) is 14.0. The largest absolute Gasteiger partial charge is 0.504 e. The Morgan fingerprint density at radius 1 is 1.22 bits per heavy atom. The Balaban J connectivity index is 2.23. The molecule has 0 bridgehead atoms. The van der Waals surface area contributed by atoms with Crippen LogP contribution in [0, 0.1) is 0 Å². The van der Waals surface area contributed by atoms with Crippen LogP contribution in [0.4, 0.5) is 0 Å². The maximum atomic E-state index is 12.1. The van der Waals surface area contributed by atoms with Gasteiger partial charge in [-0.25, -0.2) is 0 Å². The molecule has 0 amide bonds. The summed E-state index contributed by atoms with van der Waals surface area (Å²) in [7, 11) is -2.36. The molecule has 0 aliphatic carbocycles. The van der Waals surface area contributed by atoms with Crippen molar-refractivity contribution in [3.63, 3.8) is 0 Å². The normalized spacial score (nSPS) is 12.0. The van der Waals surface area contributed by atoms with Crippen molar-refractivity contribution in [2.24, 2.45) is 5.10 Å². The van der Waals surface area contributed by atoms with Gasteiger partial charge in [-0.15, -0.1) is 0 Å². The quantitative estimate of drug-likeness (QED) is 0.638. The van der Waals surface area contributed by atoms with Crippen LogP contribution in [0.25, 0.3) is 0 Å². The minimum absolute atomic E-state index is 0.00852. The van der Waals surface area contributed by atoms with Crippen LogP contribution in [0.2, 0.25) is 5.02 Å². The van der Waals surface area contributed by atoms with Crippen LogP contribution in [0.1, 0.15) is 12.5 Å². The van der Waals surface area contributed by atoms with Crippen molar-refractivity contribution in [3.8, 4) is 11.5 Å². The Hall–Kier alpha value is -2.25. The summed E-state index contributed by atoms with van der Waals surface area (Å²) in [4.78, 5) is 2.22. The number of phenols is 1. The predicted octanol–water partition coefficient (Wildman–Crippen LogP) is 2.76. The monoisotopic (exact) mass is 354 g/mol. The molecule has 2 rings (SSSR count). The zero-order valence-electron chi connectivity index (χ0n) is 12.4. The van der Waals surface area contributed by atoms with E-state index in [-0.39, 0.29) is 16.4 Å². The number of hydrogen-bond donors (Lipinski definition) is 2. The van der Waals surface area contributed by atoms with Crippen LogP contribution in [0.15, 0.2) is 52.5 Å². The zero-order chi connectivity index (χ0) is 17.0. The molecule has 0 aromatic heterocycles. The van der Waals surface area contributed by atoms with E-state index in [1.807, 2.05) is 0 Å². The van der Waals surface area contributed by atoms with Crippen LogP contribution in [-0.2, 0) is 10.0 Å². The molecule has 2 aromatic rings. The topological polar surface area (TPSA) is 88.0 Å². The molecule has 2 aromatic carbocycles. The molecule has 0 unspecified atom stereocenters. The number of rotatable bonds is 5. The predicted molar refractivity (Wildman–Crippen MR) is 88.6 cm³/mol. The molecular weight excluding hydrogens is 340 g/mol. The molecule has 0 heterocycles. The average molecular weight is 355 g/mol. The number of benzene rings is 2. The molecule has 0 spiro atoms. The number of ether oxygens (including phenoxy) is 1. The molecule has 0 fully saturated rings. The lowest BCUT2D eigenvalue weighted by Gasteiger charge is -2.08. The number of nitrogens with zero attached hydrogens (tertiary/aromatic N) is 1. The molecule has 0 aliphatic rings. The third-order valence-electron chi connectivity index (χ3n) is 3.05. The van der Waals surface area contributed by atoms with Crippen LogP contribution in [0.3, 0.4) is 0 Å². The van der Waals surface area contributed by atoms with Gasteiger partial charge >= 0.3 is 0 Å². The van der Waals surface area contributed by atoms with E-state index >= 15 is 0 Å². The molecule has 0 aliphatic heterocycles. The summed E-state index contributed by atoms with van der Waals surface area (Å²) in [6.45, 7) is 1.64. The van der Waals surface area contributed by atoms with Crippen molar-refractivity contribution >= 4 is 27.3 Å². The molecule has 0 saturated heterocycles. The molecule has 122 valence electrons. The number of phenolic OH excluding ortho intramolecular Hbond substituents is 1. The lowest BCUT2D eigenvalue weighted by atomic mass is 10.1. The first kappa shape index (κ1) is 17.1.